The molecule has 7 nitrogen and oxygen atoms in total. The zero-order chi connectivity index (χ0) is 20.3. The minimum absolute atomic E-state index is 0.124. The average Bonchev–Trinajstić information content (AvgIpc) is 3.10. The van der Waals surface area contributed by atoms with Gasteiger partial charge in [0, 0.05) is 13.1 Å². The fourth-order valence-corrected chi connectivity index (χ4v) is 3.02. The Balaban J connectivity index is 1.60. The molecule has 1 aliphatic heterocycles. The highest BCUT2D eigenvalue weighted by atomic mass is 19.1. The summed E-state index contributed by atoms with van der Waals surface area (Å²) in [6.45, 7) is 6.73. The van der Waals surface area contributed by atoms with Crippen LogP contribution in [0, 0.1) is 17.1 Å². The molecule has 2 aromatic rings. The monoisotopic (exact) mass is 386 g/mol. The number of halogens is 1. The predicted molar refractivity (Wildman–Crippen MR) is 99.5 cm³/mol. The van der Waals surface area contributed by atoms with E-state index in [0.29, 0.717) is 18.8 Å². The molecule has 3 rings (SSSR count). The SMILES string of the molecule is CC(C)(C)OC(=O)N1CCC(n2cc(Oc3ccc(F)cc3C#N)cn2)CC1. The molecular weight excluding hydrogens is 363 g/mol. The lowest BCUT2D eigenvalue weighted by Crippen LogP contribution is -2.42. The molecule has 0 saturated carbocycles. The van der Waals surface area contributed by atoms with E-state index in [1.807, 2.05) is 26.8 Å². The third kappa shape index (κ3) is 4.80. The van der Waals surface area contributed by atoms with Crippen molar-refractivity contribution in [2.75, 3.05) is 13.1 Å². The first-order chi connectivity index (χ1) is 13.2. The molecule has 1 saturated heterocycles. The Kier molecular flexibility index (Phi) is 5.54. The summed E-state index contributed by atoms with van der Waals surface area (Å²) in [4.78, 5) is 13.9. The maximum absolute atomic E-state index is 13.2. The van der Waals surface area contributed by atoms with Gasteiger partial charge in [0.2, 0.25) is 0 Å². The summed E-state index contributed by atoms with van der Waals surface area (Å²) in [6, 6.07) is 5.85. The number of rotatable bonds is 3. The Hall–Kier alpha value is -3.08. The molecule has 1 aromatic carbocycles. The van der Waals surface area contributed by atoms with Crippen molar-refractivity contribution in [3.8, 4) is 17.6 Å². The standard InChI is InChI=1S/C20H23FN4O3/c1-20(2,3)28-19(26)24-8-6-16(7-9-24)25-13-17(12-23-25)27-18-5-4-15(21)10-14(18)11-22/h4-5,10,12-13,16H,6-9H2,1-3H3. The number of likely N-dealkylation sites (tertiary alicyclic amines) is 1. The lowest BCUT2D eigenvalue weighted by atomic mass is 10.1. The number of carbonyl (C=O) groups excluding carboxylic acids is 1. The van der Waals surface area contributed by atoms with Crippen LogP contribution < -0.4 is 4.74 Å². The number of piperidine rings is 1. The number of nitriles is 1. The van der Waals surface area contributed by atoms with Crippen molar-refractivity contribution in [1.82, 2.24) is 14.7 Å². The molecule has 148 valence electrons. The van der Waals surface area contributed by atoms with Crippen molar-refractivity contribution in [3.05, 3.63) is 42.0 Å². The van der Waals surface area contributed by atoms with Gasteiger partial charge in [0.05, 0.1) is 24.0 Å². The molecule has 8 heteroatoms. The quantitative estimate of drug-likeness (QED) is 0.787. The van der Waals surface area contributed by atoms with Crippen molar-refractivity contribution < 1.29 is 18.7 Å². The second kappa shape index (κ2) is 7.89. The molecule has 0 N–H and O–H groups in total. The Morgan fingerprint density at radius 3 is 2.68 bits per heavy atom. The summed E-state index contributed by atoms with van der Waals surface area (Å²) in [5.74, 6) is 0.261. The van der Waals surface area contributed by atoms with Crippen LogP contribution in [-0.2, 0) is 4.74 Å². The molecule has 1 amide bonds. The fourth-order valence-electron chi connectivity index (χ4n) is 3.02. The number of hydrogen-bond acceptors (Lipinski definition) is 5. The summed E-state index contributed by atoms with van der Waals surface area (Å²) in [5, 5.41) is 13.4. The Morgan fingerprint density at radius 1 is 1.32 bits per heavy atom. The van der Waals surface area contributed by atoms with Crippen LogP contribution in [0.4, 0.5) is 9.18 Å². The number of nitrogens with zero attached hydrogens (tertiary/aromatic N) is 4. The van der Waals surface area contributed by atoms with Gasteiger partial charge in [-0.25, -0.2) is 9.18 Å². The molecule has 0 aliphatic carbocycles. The molecule has 0 bridgehead atoms. The van der Waals surface area contributed by atoms with Gasteiger partial charge >= 0.3 is 6.09 Å². The van der Waals surface area contributed by atoms with Crippen LogP contribution in [0.1, 0.15) is 45.2 Å². The summed E-state index contributed by atoms with van der Waals surface area (Å²) in [7, 11) is 0. The number of benzene rings is 1. The van der Waals surface area contributed by atoms with Crippen LogP contribution in [0.2, 0.25) is 0 Å². The molecule has 1 aromatic heterocycles. The van der Waals surface area contributed by atoms with Gasteiger partial charge in [0.1, 0.15) is 23.2 Å². The molecule has 0 radical (unpaired) electrons. The molecule has 2 heterocycles. The lowest BCUT2D eigenvalue weighted by Gasteiger charge is -2.33. The summed E-state index contributed by atoms with van der Waals surface area (Å²) < 4.78 is 26.1. The topological polar surface area (TPSA) is 80.4 Å². The van der Waals surface area contributed by atoms with Gasteiger partial charge < -0.3 is 14.4 Å². The van der Waals surface area contributed by atoms with Gasteiger partial charge in [-0.2, -0.15) is 10.4 Å². The van der Waals surface area contributed by atoms with Crippen LogP contribution in [0.15, 0.2) is 30.6 Å². The predicted octanol–water partition coefficient (Wildman–Crippen LogP) is 4.26. The number of amides is 1. The van der Waals surface area contributed by atoms with Crippen LogP contribution in [0.3, 0.4) is 0 Å². The van der Waals surface area contributed by atoms with Gasteiger partial charge in [-0.15, -0.1) is 0 Å². The van der Waals surface area contributed by atoms with E-state index >= 15 is 0 Å². The molecular formula is C20H23FN4O3. The Labute approximate surface area is 163 Å². The maximum atomic E-state index is 13.2. The van der Waals surface area contributed by atoms with Crippen molar-refractivity contribution in [2.24, 2.45) is 0 Å². The average molecular weight is 386 g/mol. The van der Waals surface area contributed by atoms with Crippen LogP contribution in [0.25, 0.3) is 0 Å². The maximum Gasteiger partial charge on any atom is 0.410 e. The van der Waals surface area contributed by atoms with Crippen LogP contribution in [0.5, 0.6) is 11.5 Å². The van der Waals surface area contributed by atoms with E-state index in [-0.39, 0.29) is 23.4 Å². The Morgan fingerprint density at radius 2 is 2.04 bits per heavy atom. The molecule has 1 fully saturated rings. The van der Waals surface area contributed by atoms with E-state index in [9.17, 15) is 9.18 Å². The van der Waals surface area contributed by atoms with Gasteiger partial charge in [0.25, 0.3) is 0 Å². The van der Waals surface area contributed by atoms with E-state index < -0.39 is 11.4 Å². The first kappa shape index (κ1) is 19.7. The second-order valence-electron chi connectivity index (χ2n) is 7.71. The fraction of sp³-hybridized carbons (Fsp3) is 0.450. The van der Waals surface area contributed by atoms with Crippen LogP contribution in [-0.4, -0.2) is 39.5 Å². The highest BCUT2D eigenvalue weighted by Gasteiger charge is 2.28. The van der Waals surface area contributed by atoms with E-state index in [0.717, 1.165) is 18.9 Å². The minimum atomic E-state index is -0.509. The number of ether oxygens (including phenoxy) is 2. The lowest BCUT2D eigenvalue weighted by molar-refractivity contribution is 0.0184. The number of aromatic nitrogens is 2. The molecule has 28 heavy (non-hydrogen) atoms. The molecule has 0 atom stereocenters. The molecule has 0 spiro atoms. The summed E-state index contributed by atoms with van der Waals surface area (Å²) >= 11 is 0. The largest absolute Gasteiger partial charge is 0.453 e. The number of carbonyl (C=O) groups is 1. The molecule has 1 aliphatic rings. The van der Waals surface area contributed by atoms with Crippen molar-refractivity contribution in [1.29, 1.82) is 5.26 Å². The first-order valence-corrected chi connectivity index (χ1v) is 9.15. The highest BCUT2D eigenvalue weighted by molar-refractivity contribution is 5.68. The number of hydrogen-bond donors (Lipinski definition) is 0. The minimum Gasteiger partial charge on any atom is -0.453 e. The highest BCUT2D eigenvalue weighted by Crippen LogP contribution is 2.28. The van der Waals surface area contributed by atoms with Gasteiger partial charge in [-0.05, 0) is 51.8 Å². The van der Waals surface area contributed by atoms with Gasteiger partial charge in [-0.3, -0.25) is 4.68 Å². The third-order valence-electron chi connectivity index (χ3n) is 4.36. The molecule has 0 unspecified atom stereocenters. The van der Waals surface area contributed by atoms with Crippen molar-refractivity contribution >= 4 is 6.09 Å². The second-order valence-corrected chi connectivity index (χ2v) is 7.71. The van der Waals surface area contributed by atoms with E-state index in [4.69, 9.17) is 14.7 Å². The zero-order valence-corrected chi connectivity index (χ0v) is 16.2. The van der Waals surface area contributed by atoms with E-state index in [1.54, 1.807) is 22.0 Å². The summed E-state index contributed by atoms with van der Waals surface area (Å²) in [6.07, 6.45) is 4.51. The summed E-state index contributed by atoms with van der Waals surface area (Å²) in [5.41, 5.74) is -0.386. The van der Waals surface area contributed by atoms with E-state index in [1.165, 1.54) is 12.1 Å². The Bertz CT molecular complexity index is 890. The van der Waals surface area contributed by atoms with E-state index in [2.05, 4.69) is 5.10 Å². The van der Waals surface area contributed by atoms with Crippen LogP contribution >= 0.6 is 0 Å². The van der Waals surface area contributed by atoms with Gasteiger partial charge in [0.15, 0.2) is 5.75 Å². The smallest absolute Gasteiger partial charge is 0.410 e. The van der Waals surface area contributed by atoms with Crippen molar-refractivity contribution in [3.63, 3.8) is 0 Å². The normalized spacial score (nSPS) is 15.2. The van der Waals surface area contributed by atoms with Crippen molar-refractivity contribution in [2.45, 2.75) is 45.3 Å². The van der Waals surface area contributed by atoms with Gasteiger partial charge in [-0.1, -0.05) is 0 Å². The first-order valence-electron chi connectivity index (χ1n) is 9.15. The third-order valence-corrected chi connectivity index (χ3v) is 4.36. The zero-order valence-electron chi connectivity index (χ0n) is 16.2.